The summed E-state index contributed by atoms with van der Waals surface area (Å²) in [4.78, 5) is 29.2. The summed E-state index contributed by atoms with van der Waals surface area (Å²) in [7, 11) is 0. The highest BCUT2D eigenvalue weighted by Gasteiger charge is 2.47. The lowest BCUT2D eigenvalue weighted by atomic mass is 9.97. The van der Waals surface area contributed by atoms with E-state index in [1.807, 2.05) is 35.4 Å². The van der Waals surface area contributed by atoms with Gasteiger partial charge in [-0.3, -0.25) is 9.48 Å². The molecule has 3 atom stereocenters. The lowest BCUT2D eigenvalue weighted by Crippen LogP contribution is -2.45. The van der Waals surface area contributed by atoms with Gasteiger partial charge in [0.15, 0.2) is 0 Å². The second-order valence-corrected chi connectivity index (χ2v) is 12.7. The van der Waals surface area contributed by atoms with Gasteiger partial charge in [0.1, 0.15) is 28.7 Å². The average Bonchev–Trinajstić information content (AvgIpc) is 3.79. The van der Waals surface area contributed by atoms with E-state index in [0.717, 1.165) is 42.9 Å². The van der Waals surface area contributed by atoms with Gasteiger partial charge < -0.3 is 10.2 Å². The predicted octanol–water partition coefficient (Wildman–Crippen LogP) is 5.19. The first-order valence-corrected chi connectivity index (χ1v) is 15.1. The van der Waals surface area contributed by atoms with Crippen LogP contribution >= 0.6 is 11.6 Å². The second-order valence-electron chi connectivity index (χ2n) is 12.3. The number of hydrogen-bond acceptors (Lipinski definition) is 8. The zero-order chi connectivity index (χ0) is 30.6. The largest absolute Gasteiger partial charge is 0.356 e. The average molecular weight is 607 g/mol. The van der Waals surface area contributed by atoms with E-state index < -0.39 is 0 Å². The Morgan fingerprint density at radius 3 is 2.52 bits per heavy atom. The fourth-order valence-electron chi connectivity index (χ4n) is 6.72. The summed E-state index contributed by atoms with van der Waals surface area (Å²) in [6.45, 7) is 7.99. The minimum absolute atomic E-state index is 0.224. The minimum atomic E-state index is -0.311. The molecule has 0 spiro atoms. The van der Waals surface area contributed by atoms with Crippen LogP contribution in [0.5, 0.6) is 0 Å². The SMILES string of the molecule is CC(C)n1cc(-c2cn3ncc(C#N)c3c(-c3ccc(N4C[C@@H]5CC(C)(NC(=O)c6ncccc6Cl)C[C@@H]5C4)nc3)n2)cn1. The van der Waals surface area contributed by atoms with Crippen LogP contribution < -0.4 is 10.2 Å². The highest BCUT2D eigenvalue weighted by molar-refractivity contribution is 6.33. The normalized spacial score (nSPS) is 21.1. The molecule has 0 bridgehead atoms. The van der Waals surface area contributed by atoms with Crippen molar-refractivity contribution in [2.75, 3.05) is 18.0 Å². The maximum Gasteiger partial charge on any atom is 0.271 e. The van der Waals surface area contributed by atoms with E-state index >= 15 is 0 Å². The van der Waals surface area contributed by atoms with Crippen molar-refractivity contribution in [2.24, 2.45) is 11.8 Å². The maximum absolute atomic E-state index is 12.9. The summed E-state index contributed by atoms with van der Waals surface area (Å²) in [5, 5.41) is 22.2. The van der Waals surface area contributed by atoms with Gasteiger partial charge in [0.05, 0.1) is 35.0 Å². The third-order valence-corrected chi connectivity index (χ3v) is 9.08. The van der Waals surface area contributed by atoms with Gasteiger partial charge in [0.2, 0.25) is 0 Å². The summed E-state index contributed by atoms with van der Waals surface area (Å²) in [5.41, 5.74) is 4.08. The van der Waals surface area contributed by atoms with E-state index in [9.17, 15) is 10.1 Å². The topological polar surface area (TPSA) is 130 Å². The molecule has 1 unspecified atom stereocenters. The summed E-state index contributed by atoms with van der Waals surface area (Å²) in [6.07, 6.45) is 12.3. The quantitative estimate of drug-likeness (QED) is 0.279. The fourth-order valence-corrected chi connectivity index (χ4v) is 6.93. The first kappa shape index (κ1) is 28.0. The fraction of sp³-hybridized carbons (Fsp3) is 0.344. The number of aromatic nitrogens is 7. The molecule has 222 valence electrons. The molecule has 0 aromatic carbocycles. The molecule has 1 aliphatic carbocycles. The number of carbonyl (C=O) groups excluding carboxylic acids is 1. The van der Waals surface area contributed by atoms with Crippen LogP contribution in [0.25, 0.3) is 28.0 Å². The van der Waals surface area contributed by atoms with E-state index in [-0.39, 0.29) is 23.2 Å². The Morgan fingerprint density at radius 1 is 1.07 bits per heavy atom. The lowest BCUT2D eigenvalue weighted by molar-refractivity contribution is 0.0900. The Bertz CT molecular complexity index is 1910. The molecule has 11 nitrogen and oxygen atoms in total. The Balaban J connectivity index is 1.10. The molecule has 12 heteroatoms. The summed E-state index contributed by atoms with van der Waals surface area (Å²) < 4.78 is 3.59. The third-order valence-electron chi connectivity index (χ3n) is 8.78. The van der Waals surface area contributed by atoms with Crippen molar-refractivity contribution >= 4 is 28.8 Å². The number of nitrogens with zero attached hydrogens (tertiary/aromatic N) is 9. The second kappa shape index (κ2) is 10.7. The van der Waals surface area contributed by atoms with Gasteiger partial charge in [-0.15, -0.1) is 0 Å². The molecule has 1 amide bonds. The monoisotopic (exact) mass is 606 g/mol. The Morgan fingerprint density at radius 2 is 1.86 bits per heavy atom. The molecular weight excluding hydrogens is 576 g/mol. The summed E-state index contributed by atoms with van der Waals surface area (Å²) >= 11 is 6.20. The molecule has 6 heterocycles. The summed E-state index contributed by atoms with van der Waals surface area (Å²) in [6, 6.07) is 9.89. The number of fused-ring (bicyclic) bond motifs is 2. The molecule has 5 aromatic heterocycles. The smallest absolute Gasteiger partial charge is 0.271 e. The summed E-state index contributed by atoms with van der Waals surface area (Å²) in [5.74, 6) is 1.55. The van der Waals surface area contributed by atoms with Crippen molar-refractivity contribution in [3.8, 4) is 28.6 Å². The molecule has 44 heavy (non-hydrogen) atoms. The lowest BCUT2D eigenvalue weighted by Gasteiger charge is -2.28. The molecular formula is C32H31ClN10O. The Kier molecular flexibility index (Phi) is 6.81. The van der Waals surface area contributed by atoms with Crippen LogP contribution in [0, 0.1) is 23.2 Å². The van der Waals surface area contributed by atoms with Crippen molar-refractivity contribution in [1.82, 2.24) is 39.7 Å². The molecule has 2 fully saturated rings. The number of pyridine rings is 2. The number of hydrogen-bond donors (Lipinski definition) is 1. The van der Waals surface area contributed by atoms with Gasteiger partial charge >= 0.3 is 0 Å². The first-order valence-electron chi connectivity index (χ1n) is 14.7. The van der Waals surface area contributed by atoms with Gasteiger partial charge in [-0.05, 0) is 69.7 Å². The molecule has 1 aliphatic heterocycles. The molecule has 1 saturated carbocycles. The Labute approximate surface area is 259 Å². The molecule has 1 saturated heterocycles. The van der Waals surface area contributed by atoms with Crippen molar-refractivity contribution < 1.29 is 4.79 Å². The number of carbonyl (C=O) groups is 1. The van der Waals surface area contributed by atoms with Crippen molar-refractivity contribution in [2.45, 2.75) is 45.2 Å². The van der Waals surface area contributed by atoms with E-state index in [1.54, 1.807) is 35.2 Å². The van der Waals surface area contributed by atoms with Gasteiger partial charge in [0, 0.05) is 54.4 Å². The van der Waals surface area contributed by atoms with E-state index in [0.29, 0.717) is 39.3 Å². The van der Waals surface area contributed by atoms with E-state index in [1.165, 1.54) is 0 Å². The van der Waals surface area contributed by atoms with Crippen LogP contribution in [0.4, 0.5) is 5.82 Å². The van der Waals surface area contributed by atoms with E-state index in [4.69, 9.17) is 21.6 Å². The van der Waals surface area contributed by atoms with Gasteiger partial charge in [-0.1, -0.05) is 11.6 Å². The predicted molar refractivity (Wildman–Crippen MR) is 166 cm³/mol. The van der Waals surface area contributed by atoms with Gasteiger partial charge in [-0.2, -0.15) is 15.5 Å². The number of halogens is 1. The van der Waals surface area contributed by atoms with Gasteiger partial charge in [-0.25, -0.2) is 19.5 Å². The number of nitriles is 1. The van der Waals surface area contributed by atoms with Crippen molar-refractivity contribution in [3.05, 3.63) is 77.7 Å². The molecule has 1 N–H and O–H groups in total. The van der Waals surface area contributed by atoms with Crippen LogP contribution in [-0.4, -0.2) is 58.9 Å². The number of amides is 1. The maximum atomic E-state index is 12.9. The number of rotatable bonds is 6. The molecule has 5 aromatic rings. The number of nitrogens with one attached hydrogen (secondary N) is 1. The molecule has 7 rings (SSSR count). The van der Waals surface area contributed by atoms with Crippen LogP contribution in [0.1, 0.15) is 55.7 Å². The number of anilines is 1. The molecule has 2 aliphatic rings. The van der Waals surface area contributed by atoms with Crippen LogP contribution in [0.2, 0.25) is 5.02 Å². The van der Waals surface area contributed by atoms with Crippen LogP contribution in [0.3, 0.4) is 0 Å². The van der Waals surface area contributed by atoms with Crippen molar-refractivity contribution in [1.29, 1.82) is 5.26 Å². The Hall–Kier alpha value is -4.82. The standard InChI is InChI=1S/C32H31ClN10O/c1-19(2)42-17-24(14-37-42)26-18-43-30(23(11-34)13-38-43)28(39-26)20-6-7-27(36-12-20)41-15-21-9-32(3,10-22(21)16-41)40-31(44)29-25(33)5-4-8-35-29/h4-8,12-14,17-19,21-22H,9-10,15-16H2,1-3H3,(H,40,44)/t21-,22+,32?. The highest BCUT2D eigenvalue weighted by Crippen LogP contribution is 2.45. The third kappa shape index (κ3) is 4.95. The zero-order valence-corrected chi connectivity index (χ0v) is 25.4. The zero-order valence-electron chi connectivity index (χ0n) is 24.6. The van der Waals surface area contributed by atoms with Gasteiger partial charge in [0.25, 0.3) is 5.91 Å². The van der Waals surface area contributed by atoms with E-state index in [2.05, 4.69) is 52.2 Å². The van der Waals surface area contributed by atoms with Crippen LogP contribution in [-0.2, 0) is 0 Å². The molecule has 0 radical (unpaired) electrons. The highest BCUT2D eigenvalue weighted by atomic mass is 35.5. The van der Waals surface area contributed by atoms with Crippen molar-refractivity contribution in [3.63, 3.8) is 0 Å². The first-order chi connectivity index (χ1) is 21.2. The van der Waals surface area contributed by atoms with Crippen LogP contribution in [0.15, 0.2) is 61.4 Å². The minimum Gasteiger partial charge on any atom is -0.356 e.